The summed E-state index contributed by atoms with van der Waals surface area (Å²) in [5, 5.41) is 13.8. The number of ether oxygens (including phenoxy) is 1. The summed E-state index contributed by atoms with van der Waals surface area (Å²) in [6.45, 7) is 2.61. The van der Waals surface area contributed by atoms with E-state index in [1.165, 1.54) is 19.3 Å². The second kappa shape index (κ2) is 8.74. The summed E-state index contributed by atoms with van der Waals surface area (Å²) in [7, 11) is 0. The van der Waals surface area contributed by atoms with Gasteiger partial charge in [0.1, 0.15) is 0 Å². The van der Waals surface area contributed by atoms with Gasteiger partial charge in [0.05, 0.1) is 19.1 Å². The molecule has 0 saturated heterocycles. The smallest absolute Gasteiger partial charge is 0.315 e. The highest BCUT2D eigenvalue weighted by Crippen LogP contribution is 2.19. The fourth-order valence-electron chi connectivity index (χ4n) is 2.21. The van der Waals surface area contributed by atoms with Crippen LogP contribution < -0.4 is 10.6 Å². The summed E-state index contributed by atoms with van der Waals surface area (Å²) in [5.74, 6) is -0.923. The van der Waals surface area contributed by atoms with E-state index in [4.69, 9.17) is 9.84 Å². The Hall–Kier alpha value is -1.30. The molecule has 1 aliphatic rings. The first-order chi connectivity index (χ1) is 9.08. The molecule has 1 atom stereocenters. The second-order valence-corrected chi connectivity index (χ2v) is 5.03. The lowest BCUT2D eigenvalue weighted by atomic mass is 9.98. The summed E-state index contributed by atoms with van der Waals surface area (Å²) in [4.78, 5) is 21.9. The lowest BCUT2D eigenvalue weighted by molar-refractivity contribution is -0.137. The number of aliphatic carboxylic acids is 1. The number of rotatable bonds is 7. The van der Waals surface area contributed by atoms with E-state index < -0.39 is 5.97 Å². The summed E-state index contributed by atoms with van der Waals surface area (Å²) >= 11 is 0. The first kappa shape index (κ1) is 15.8. The second-order valence-electron chi connectivity index (χ2n) is 5.03. The van der Waals surface area contributed by atoms with E-state index in [-0.39, 0.29) is 18.5 Å². The third kappa shape index (κ3) is 7.66. The Bertz CT molecular complexity index is 290. The topological polar surface area (TPSA) is 87.7 Å². The molecule has 0 bridgehead atoms. The lowest BCUT2D eigenvalue weighted by Gasteiger charge is -2.22. The molecule has 1 unspecified atom stereocenters. The van der Waals surface area contributed by atoms with Crippen LogP contribution in [0.25, 0.3) is 0 Å². The molecule has 6 nitrogen and oxygen atoms in total. The molecule has 110 valence electrons. The maximum absolute atomic E-state index is 11.4. The van der Waals surface area contributed by atoms with E-state index in [9.17, 15) is 9.59 Å². The minimum atomic E-state index is -0.923. The normalized spacial score (nSPS) is 17.7. The highest BCUT2D eigenvalue weighted by Gasteiger charge is 2.14. The minimum Gasteiger partial charge on any atom is -0.481 e. The van der Waals surface area contributed by atoms with Crippen LogP contribution in [0.1, 0.15) is 45.4 Å². The molecule has 1 fully saturated rings. The molecule has 3 N–H and O–H groups in total. The highest BCUT2D eigenvalue weighted by molar-refractivity contribution is 5.75. The van der Waals surface area contributed by atoms with Gasteiger partial charge in [-0.05, 0) is 19.8 Å². The Morgan fingerprint density at radius 2 is 2.00 bits per heavy atom. The predicted octanol–water partition coefficient (Wildman–Crippen LogP) is 1.50. The van der Waals surface area contributed by atoms with Crippen LogP contribution in [0.3, 0.4) is 0 Å². The molecule has 0 aromatic heterocycles. The van der Waals surface area contributed by atoms with E-state index >= 15 is 0 Å². The molecule has 1 rings (SSSR count). The van der Waals surface area contributed by atoms with Crippen LogP contribution in [0.2, 0.25) is 0 Å². The van der Waals surface area contributed by atoms with Gasteiger partial charge in [-0.25, -0.2) is 4.79 Å². The van der Waals surface area contributed by atoms with Crippen LogP contribution in [0, 0.1) is 0 Å². The van der Waals surface area contributed by atoms with Crippen molar-refractivity contribution >= 4 is 12.0 Å². The van der Waals surface area contributed by atoms with E-state index in [0.717, 1.165) is 12.8 Å². The largest absolute Gasteiger partial charge is 0.481 e. The van der Waals surface area contributed by atoms with Crippen molar-refractivity contribution in [1.29, 1.82) is 0 Å². The highest BCUT2D eigenvalue weighted by atomic mass is 16.5. The van der Waals surface area contributed by atoms with Crippen molar-refractivity contribution in [3.63, 3.8) is 0 Å². The molecule has 1 aliphatic carbocycles. The van der Waals surface area contributed by atoms with E-state index in [0.29, 0.717) is 19.3 Å². The first-order valence-corrected chi connectivity index (χ1v) is 6.95. The van der Waals surface area contributed by atoms with Crippen molar-refractivity contribution in [1.82, 2.24) is 10.6 Å². The van der Waals surface area contributed by atoms with Gasteiger partial charge < -0.3 is 20.5 Å². The number of amides is 2. The van der Waals surface area contributed by atoms with Crippen LogP contribution in [0.4, 0.5) is 4.79 Å². The van der Waals surface area contributed by atoms with E-state index in [1.54, 1.807) is 6.92 Å². The summed E-state index contributed by atoms with van der Waals surface area (Å²) in [5.41, 5.74) is 0. The molecule has 2 amide bonds. The van der Waals surface area contributed by atoms with Gasteiger partial charge in [-0.1, -0.05) is 19.3 Å². The Labute approximate surface area is 113 Å². The third-order valence-electron chi connectivity index (χ3n) is 3.15. The van der Waals surface area contributed by atoms with Gasteiger partial charge in [0.15, 0.2) is 0 Å². The molecular weight excluding hydrogens is 248 g/mol. The quantitative estimate of drug-likeness (QED) is 0.613. The Kier molecular flexibility index (Phi) is 7.25. The van der Waals surface area contributed by atoms with Crippen molar-refractivity contribution in [2.24, 2.45) is 0 Å². The molecule has 0 radical (unpaired) electrons. The van der Waals surface area contributed by atoms with E-state index in [2.05, 4.69) is 10.6 Å². The summed E-state index contributed by atoms with van der Waals surface area (Å²) in [6.07, 6.45) is 6.23. The number of nitrogens with one attached hydrogen (secondary N) is 2. The van der Waals surface area contributed by atoms with Crippen molar-refractivity contribution < 1.29 is 19.4 Å². The number of urea groups is 1. The Balaban J connectivity index is 2.01. The van der Waals surface area contributed by atoms with Crippen LogP contribution in [-0.2, 0) is 9.53 Å². The minimum absolute atomic E-state index is 0.0774. The molecule has 0 aromatic carbocycles. The molecule has 0 spiro atoms. The lowest BCUT2D eigenvalue weighted by Crippen LogP contribution is -2.42. The monoisotopic (exact) mass is 272 g/mol. The first-order valence-electron chi connectivity index (χ1n) is 6.95. The molecule has 1 saturated carbocycles. The van der Waals surface area contributed by atoms with Crippen molar-refractivity contribution in [3.8, 4) is 0 Å². The van der Waals surface area contributed by atoms with Crippen molar-refractivity contribution in [3.05, 3.63) is 0 Å². The molecule has 0 aromatic rings. The molecule has 19 heavy (non-hydrogen) atoms. The molecule has 0 aliphatic heterocycles. The average molecular weight is 272 g/mol. The third-order valence-corrected chi connectivity index (χ3v) is 3.15. The molecular formula is C13H24N2O4. The number of carboxylic acid groups (broad SMARTS) is 1. The van der Waals surface area contributed by atoms with Gasteiger partial charge in [-0.15, -0.1) is 0 Å². The van der Waals surface area contributed by atoms with Gasteiger partial charge in [0, 0.05) is 12.6 Å². The zero-order chi connectivity index (χ0) is 14.1. The predicted molar refractivity (Wildman–Crippen MR) is 71.1 cm³/mol. The standard InChI is InChI=1S/C13H24N2O4/c1-10(9-12(16)17)15-13(18)14-7-8-19-11-5-3-2-4-6-11/h10-11H,2-9H2,1H3,(H,16,17)(H2,14,15,18). The number of hydrogen-bond donors (Lipinski definition) is 3. The van der Waals surface area contributed by atoms with E-state index in [1.807, 2.05) is 0 Å². The van der Waals surface area contributed by atoms with Crippen molar-refractivity contribution in [2.45, 2.75) is 57.6 Å². The SMILES string of the molecule is CC(CC(=O)O)NC(=O)NCCOC1CCCCC1. The summed E-state index contributed by atoms with van der Waals surface area (Å²) < 4.78 is 5.67. The van der Waals surface area contributed by atoms with Crippen LogP contribution in [0.5, 0.6) is 0 Å². The fourth-order valence-corrected chi connectivity index (χ4v) is 2.21. The van der Waals surface area contributed by atoms with Crippen molar-refractivity contribution in [2.75, 3.05) is 13.2 Å². The van der Waals surface area contributed by atoms with Crippen LogP contribution in [-0.4, -0.2) is 42.4 Å². The Morgan fingerprint density at radius 1 is 1.32 bits per heavy atom. The average Bonchev–Trinajstić information content (AvgIpc) is 2.35. The van der Waals surface area contributed by atoms with Gasteiger partial charge in [-0.2, -0.15) is 0 Å². The number of carbonyl (C=O) groups is 2. The Morgan fingerprint density at radius 3 is 2.63 bits per heavy atom. The number of carboxylic acids is 1. The zero-order valence-electron chi connectivity index (χ0n) is 11.5. The van der Waals surface area contributed by atoms with Gasteiger partial charge in [0.2, 0.25) is 0 Å². The maximum atomic E-state index is 11.4. The summed E-state index contributed by atoms with van der Waals surface area (Å²) in [6, 6.07) is -0.724. The number of carbonyl (C=O) groups excluding carboxylic acids is 1. The van der Waals surface area contributed by atoms with Gasteiger partial charge >= 0.3 is 12.0 Å². The van der Waals surface area contributed by atoms with Gasteiger partial charge in [0.25, 0.3) is 0 Å². The fraction of sp³-hybridized carbons (Fsp3) is 0.846. The van der Waals surface area contributed by atoms with Gasteiger partial charge in [-0.3, -0.25) is 4.79 Å². The van der Waals surface area contributed by atoms with Crippen LogP contribution in [0.15, 0.2) is 0 Å². The molecule has 0 heterocycles. The zero-order valence-corrected chi connectivity index (χ0v) is 11.5. The maximum Gasteiger partial charge on any atom is 0.315 e. The van der Waals surface area contributed by atoms with Crippen LogP contribution >= 0.6 is 0 Å². The molecule has 6 heteroatoms. The number of hydrogen-bond acceptors (Lipinski definition) is 3.